The molecule has 0 N–H and O–H groups in total. The predicted octanol–water partition coefficient (Wildman–Crippen LogP) is 2.79. The Balaban J connectivity index is 2.67. The first-order valence-corrected chi connectivity index (χ1v) is 8.22. The van der Waals surface area contributed by atoms with Crippen LogP contribution in [0, 0.1) is 0 Å². The van der Waals surface area contributed by atoms with E-state index < -0.39 is 33.1 Å². The minimum absolute atomic E-state index is 0.0783. The molecule has 0 aromatic heterocycles. The molecule has 0 unspecified atom stereocenters. The number of carbonyl (C=O) groups excluding carboxylic acids is 2. The van der Waals surface area contributed by atoms with Crippen LogP contribution < -0.4 is 0 Å². The van der Waals surface area contributed by atoms with Crippen molar-refractivity contribution in [3.8, 4) is 0 Å². The Morgan fingerprint density at radius 2 is 1.43 bits per heavy atom. The van der Waals surface area contributed by atoms with Crippen LogP contribution in [0.3, 0.4) is 0 Å². The predicted molar refractivity (Wildman–Crippen MR) is 82.2 cm³/mol. The fourth-order valence-corrected chi connectivity index (χ4v) is 2.72. The second-order valence-corrected chi connectivity index (χ2v) is 6.14. The zero-order chi connectivity index (χ0) is 17.1. The lowest BCUT2D eigenvalue weighted by molar-refractivity contribution is -0.146. The highest BCUT2D eigenvalue weighted by atomic mass is 31.2. The summed E-state index contributed by atoms with van der Waals surface area (Å²) < 4.78 is 32.0. The molecule has 0 bridgehead atoms. The van der Waals surface area contributed by atoms with E-state index in [0.29, 0.717) is 5.56 Å². The van der Waals surface area contributed by atoms with E-state index in [1.165, 1.54) is 0 Å². The third kappa shape index (κ3) is 7.56. The maximum atomic E-state index is 12.6. The van der Waals surface area contributed by atoms with Gasteiger partial charge in [0.2, 0.25) is 13.6 Å². The molecule has 1 rings (SSSR count). The number of benzene rings is 1. The number of esters is 2. The minimum atomic E-state index is -3.70. The van der Waals surface area contributed by atoms with Crippen molar-refractivity contribution in [2.45, 2.75) is 6.16 Å². The molecule has 0 aliphatic heterocycles. The molecule has 0 radical (unpaired) electrons. The van der Waals surface area contributed by atoms with Crippen molar-refractivity contribution in [3.05, 3.63) is 61.2 Å². The Bertz CT molecular complexity index is 567. The van der Waals surface area contributed by atoms with Gasteiger partial charge in [-0.05, 0) is 5.56 Å². The Hall–Kier alpha value is -2.21. The van der Waals surface area contributed by atoms with E-state index in [0.717, 1.165) is 12.2 Å². The third-order valence-electron chi connectivity index (χ3n) is 2.45. The molecule has 0 heterocycles. The first kappa shape index (κ1) is 18.8. The SMILES string of the molecule is C=CC(=O)OCOP(=O)(Cc1ccccc1)OCOC(=O)C=C. The molecule has 1 aromatic carbocycles. The highest BCUT2D eigenvalue weighted by Crippen LogP contribution is 2.51. The van der Waals surface area contributed by atoms with Crippen LogP contribution in [0.1, 0.15) is 5.56 Å². The van der Waals surface area contributed by atoms with Gasteiger partial charge in [0, 0.05) is 12.2 Å². The van der Waals surface area contributed by atoms with Crippen LogP contribution in [-0.2, 0) is 38.8 Å². The smallest absolute Gasteiger partial charge is 0.340 e. The third-order valence-corrected chi connectivity index (χ3v) is 4.20. The van der Waals surface area contributed by atoms with E-state index in [1.807, 2.05) is 0 Å². The summed E-state index contributed by atoms with van der Waals surface area (Å²) in [7, 11) is -3.70. The van der Waals surface area contributed by atoms with E-state index in [4.69, 9.17) is 9.05 Å². The van der Waals surface area contributed by atoms with E-state index >= 15 is 0 Å². The van der Waals surface area contributed by atoms with Crippen LogP contribution in [0.5, 0.6) is 0 Å². The number of hydrogen-bond acceptors (Lipinski definition) is 7. The fourth-order valence-electron chi connectivity index (χ4n) is 1.38. The van der Waals surface area contributed by atoms with Crippen LogP contribution in [0.4, 0.5) is 0 Å². The second kappa shape index (κ2) is 9.74. The van der Waals surface area contributed by atoms with Gasteiger partial charge >= 0.3 is 19.5 Å². The molecule has 23 heavy (non-hydrogen) atoms. The van der Waals surface area contributed by atoms with Gasteiger partial charge in [0.25, 0.3) is 0 Å². The first-order chi connectivity index (χ1) is 11.0. The summed E-state index contributed by atoms with van der Waals surface area (Å²) in [6, 6.07) is 8.77. The molecule has 8 heteroatoms. The molecule has 124 valence electrons. The van der Waals surface area contributed by atoms with E-state index in [1.54, 1.807) is 30.3 Å². The largest absolute Gasteiger partial charge is 0.435 e. The lowest BCUT2D eigenvalue weighted by Crippen LogP contribution is -2.10. The van der Waals surface area contributed by atoms with Gasteiger partial charge < -0.3 is 9.47 Å². The molecule has 0 saturated carbocycles. The van der Waals surface area contributed by atoms with Crippen LogP contribution in [0.25, 0.3) is 0 Å². The Labute approximate surface area is 134 Å². The van der Waals surface area contributed by atoms with E-state index in [-0.39, 0.29) is 6.16 Å². The monoisotopic (exact) mass is 340 g/mol. The summed E-state index contributed by atoms with van der Waals surface area (Å²) in [4.78, 5) is 21.9. The Morgan fingerprint density at radius 1 is 0.957 bits per heavy atom. The van der Waals surface area contributed by atoms with Gasteiger partial charge in [0.15, 0.2) is 0 Å². The average molecular weight is 340 g/mol. The normalized spacial score (nSPS) is 10.6. The minimum Gasteiger partial charge on any atom is -0.435 e. The molecule has 1 aromatic rings. The van der Waals surface area contributed by atoms with Crippen LogP contribution >= 0.6 is 7.60 Å². The summed E-state index contributed by atoms with van der Waals surface area (Å²) in [6.45, 7) is 5.29. The first-order valence-electron chi connectivity index (χ1n) is 6.49. The number of carbonyl (C=O) groups is 2. The molecule has 0 fully saturated rings. The molecule has 0 saturated heterocycles. The summed E-state index contributed by atoms with van der Waals surface area (Å²) in [5, 5.41) is 0. The van der Waals surface area contributed by atoms with Gasteiger partial charge in [0.05, 0.1) is 6.16 Å². The standard InChI is InChI=1S/C15H17O7P/c1-3-14(16)19-11-21-23(18,22-12-20-15(17)4-2)10-13-8-6-5-7-9-13/h3-9H,1-2,10-12H2. The number of hydrogen-bond donors (Lipinski definition) is 0. The number of rotatable bonds is 10. The fraction of sp³-hybridized carbons (Fsp3) is 0.200. The van der Waals surface area contributed by atoms with Crippen molar-refractivity contribution in [1.82, 2.24) is 0 Å². The van der Waals surface area contributed by atoms with Crippen molar-refractivity contribution in [1.29, 1.82) is 0 Å². The summed E-state index contributed by atoms with van der Waals surface area (Å²) in [6.07, 6.45) is 1.81. The summed E-state index contributed by atoms with van der Waals surface area (Å²) in [5.74, 6) is -1.45. The Morgan fingerprint density at radius 3 is 1.87 bits per heavy atom. The highest BCUT2D eigenvalue weighted by Gasteiger charge is 2.26. The zero-order valence-corrected chi connectivity index (χ0v) is 13.3. The lowest BCUT2D eigenvalue weighted by Gasteiger charge is -2.18. The maximum absolute atomic E-state index is 12.6. The molecule has 7 nitrogen and oxygen atoms in total. The molecular weight excluding hydrogens is 323 g/mol. The van der Waals surface area contributed by atoms with Crippen LogP contribution in [0.2, 0.25) is 0 Å². The highest BCUT2D eigenvalue weighted by molar-refractivity contribution is 7.53. The molecule has 0 aliphatic carbocycles. The maximum Gasteiger partial charge on any atom is 0.340 e. The molecular formula is C15H17O7P. The lowest BCUT2D eigenvalue weighted by atomic mass is 10.2. The van der Waals surface area contributed by atoms with Crippen molar-refractivity contribution in [2.24, 2.45) is 0 Å². The van der Waals surface area contributed by atoms with Gasteiger partial charge in [-0.3, -0.25) is 13.6 Å². The molecule has 0 aliphatic rings. The van der Waals surface area contributed by atoms with Gasteiger partial charge in [-0.25, -0.2) is 9.59 Å². The quantitative estimate of drug-likeness (QED) is 0.280. The molecule has 0 atom stereocenters. The summed E-state index contributed by atoms with van der Waals surface area (Å²) >= 11 is 0. The van der Waals surface area contributed by atoms with Crippen molar-refractivity contribution in [3.63, 3.8) is 0 Å². The summed E-state index contributed by atoms with van der Waals surface area (Å²) in [5.41, 5.74) is 0.681. The van der Waals surface area contributed by atoms with Gasteiger partial charge in [0.1, 0.15) is 0 Å². The van der Waals surface area contributed by atoms with Crippen LogP contribution in [0.15, 0.2) is 55.6 Å². The van der Waals surface area contributed by atoms with Crippen LogP contribution in [-0.4, -0.2) is 25.5 Å². The second-order valence-electron chi connectivity index (χ2n) is 4.08. The van der Waals surface area contributed by atoms with Gasteiger partial charge in [-0.2, -0.15) is 0 Å². The molecule has 0 spiro atoms. The van der Waals surface area contributed by atoms with Crippen molar-refractivity contribution < 1.29 is 32.7 Å². The topological polar surface area (TPSA) is 88.1 Å². The van der Waals surface area contributed by atoms with E-state index in [9.17, 15) is 14.2 Å². The average Bonchev–Trinajstić information content (AvgIpc) is 2.55. The van der Waals surface area contributed by atoms with Gasteiger partial charge in [-0.1, -0.05) is 43.5 Å². The van der Waals surface area contributed by atoms with E-state index in [2.05, 4.69) is 22.6 Å². The zero-order valence-electron chi connectivity index (χ0n) is 12.4. The molecule has 0 amide bonds. The number of ether oxygens (including phenoxy) is 2. The van der Waals surface area contributed by atoms with Gasteiger partial charge in [-0.15, -0.1) is 0 Å². The van der Waals surface area contributed by atoms with Crippen molar-refractivity contribution >= 4 is 19.5 Å². The Kier molecular flexibility index (Phi) is 7.97. The van der Waals surface area contributed by atoms with Crippen molar-refractivity contribution in [2.75, 3.05) is 13.6 Å².